The van der Waals surface area contributed by atoms with Crippen molar-refractivity contribution in [2.24, 2.45) is 5.73 Å². The number of hydrogen-bond acceptors (Lipinski definition) is 1. The third-order valence-electron chi connectivity index (χ3n) is 2.11. The van der Waals surface area contributed by atoms with Crippen LogP contribution in [0.5, 0.6) is 0 Å². The summed E-state index contributed by atoms with van der Waals surface area (Å²) < 4.78 is 85.7. The van der Waals surface area contributed by atoms with Crippen LogP contribution in [0.2, 0.25) is 0 Å². The Bertz CT molecular complexity index is 228. The van der Waals surface area contributed by atoms with Gasteiger partial charge >= 0.3 is 18.0 Å². The van der Waals surface area contributed by atoms with Gasteiger partial charge in [0.25, 0.3) is 0 Å². The summed E-state index contributed by atoms with van der Waals surface area (Å²) >= 11 is 0. The van der Waals surface area contributed by atoms with Crippen molar-refractivity contribution in [1.82, 2.24) is 0 Å². The summed E-state index contributed by atoms with van der Waals surface area (Å²) in [6.07, 6.45) is -6.46. The lowest BCUT2D eigenvalue weighted by Gasteiger charge is -2.32. The van der Waals surface area contributed by atoms with Crippen LogP contribution in [0.4, 0.5) is 30.7 Å². The summed E-state index contributed by atoms with van der Waals surface area (Å²) in [6.45, 7) is 1.58. The lowest BCUT2D eigenvalue weighted by molar-refractivity contribution is -0.358. The van der Waals surface area contributed by atoms with Crippen LogP contribution in [0.3, 0.4) is 0 Å². The van der Waals surface area contributed by atoms with Gasteiger partial charge in [0.05, 0.1) is 6.04 Å². The zero-order valence-electron chi connectivity index (χ0n) is 8.83. The van der Waals surface area contributed by atoms with Crippen molar-refractivity contribution in [3.63, 3.8) is 0 Å². The van der Waals surface area contributed by atoms with E-state index in [-0.39, 0.29) is 18.8 Å². The van der Waals surface area contributed by atoms with E-state index in [1.807, 2.05) is 0 Å². The molecule has 0 aliphatic rings. The first kappa shape index (κ1) is 19.1. The van der Waals surface area contributed by atoms with Crippen LogP contribution in [-0.2, 0) is 0 Å². The summed E-state index contributed by atoms with van der Waals surface area (Å²) in [5.41, 5.74) is 4.69. The molecule has 0 saturated carbocycles. The van der Waals surface area contributed by atoms with Crippen LogP contribution in [0.15, 0.2) is 0 Å². The smallest absolute Gasteiger partial charge is 0.322 e. The molecule has 1 atom stereocenters. The van der Waals surface area contributed by atoms with Crippen LogP contribution in [0, 0.1) is 0 Å². The number of unbranched alkanes of at least 4 members (excludes halogenated alkanes) is 1. The fraction of sp³-hybridized carbons (Fsp3) is 1.00. The molecule has 0 aliphatic heterocycles. The van der Waals surface area contributed by atoms with E-state index in [0.717, 1.165) is 0 Å². The maximum atomic E-state index is 12.8. The van der Waals surface area contributed by atoms with Crippen molar-refractivity contribution in [1.29, 1.82) is 0 Å². The quantitative estimate of drug-likeness (QED) is 0.767. The second kappa shape index (κ2) is 6.08. The van der Waals surface area contributed by atoms with E-state index >= 15 is 0 Å². The monoisotopic (exact) mass is 291 g/mol. The van der Waals surface area contributed by atoms with Gasteiger partial charge in [-0.2, -0.15) is 30.7 Å². The minimum absolute atomic E-state index is 0. The van der Waals surface area contributed by atoms with Gasteiger partial charge in [0.2, 0.25) is 0 Å². The predicted octanol–water partition coefficient (Wildman–Crippen LogP) is 3.76. The Hall–Kier alpha value is -0.240. The summed E-state index contributed by atoms with van der Waals surface area (Å²) in [5, 5.41) is 0. The van der Waals surface area contributed by atoms with E-state index in [2.05, 4.69) is 0 Å². The highest BCUT2D eigenvalue weighted by Crippen LogP contribution is 2.48. The maximum Gasteiger partial charge on any atom is 0.459 e. The summed E-state index contributed by atoms with van der Waals surface area (Å²) in [7, 11) is 0. The van der Waals surface area contributed by atoms with Crippen LogP contribution in [0.1, 0.15) is 26.2 Å². The van der Waals surface area contributed by atoms with Crippen LogP contribution >= 0.6 is 12.4 Å². The fourth-order valence-electron chi connectivity index (χ4n) is 1.03. The number of alkyl halides is 7. The van der Waals surface area contributed by atoms with Crippen molar-refractivity contribution in [2.45, 2.75) is 50.2 Å². The lowest BCUT2D eigenvalue weighted by atomic mass is 9.98. The zero-order valence-corrected chi connectivity index (χ0v) is 9.65. The Balaban J connectivity index is 0. The molecule has 0 rings (SSSR count). The molecule has 0 fully saturated rings. The standard InChI is InChI=1S/C8H12F7N.ClH/c1-2-3-4-5(16)6(9,10)7(11,12)8(13,14)15;/h5H,2-4,16H2,1H3;1H/t5-;/m1./s1. The van der Waals surface area contributed by atoms with E-state index < -0.39 is 30.5 Å². The van der Waals surface area contributed by atoms with E-state index in [9.17, 15) is 30.7 Å². The van der Waals surface area contributed by atoms with Crippen LogP contribution in [-0.4, -0.2) is 24.1 Å². The molecule has 106 valence electrons. The second-order valence-electron chi connectivity index (χ2n) is 3.44. The van der Waals surface area contributed by atoms with E-state index in [1.54, 1.807) is 6.92 Å². The van der Waals surface area contributed by atoms with E-state index in [1.165, 1.54) is 0 Å². The van der Waals surface area contributed by atoms with E-state index in [4.69, 9.17) is 5.73 Å². The molecule has 17 heavy (non-hydrogen) atoms. The minimum Gasteiger partial charge on any atom is -0.322 e. The minimum atomic E-state index is -6.31. The maximum absolute atomic E-state index is 12.8. The molecule has 0 aliphatic carbocycles. The Labute approximate surface area is 99.9 Å². The van der Waals surface area contributed by atoms with Gasteiger partial charge in [-0.15, -0.1) is 12.4 Å². The Morgan fingerprint density at radius 1 is 1.00 bits per heavy atom. The highest BCUT2D eigenvalue weighted by atomic mass is 35.5. The predicted molar refractivity (Wildman–Crippen MR) is 50.7 cm³/mol. The highest BCUT2D eigenvalue weighted by molar-refractivity contribution is 5.85. The molecule has 0 radical (unpaired) electrons. The molecule has 2 N–H and O–H groups in total. The Kier molecular flexibility index (Phi) is 6.84. The molecule has 9 heteroatoms. The first-order valence-electron chi connectivity index (χ1n) is 4.56. The van der Waals surface area contributed by atoms with Crippen molar-refractivity contribution < 1.29 is 30.7 Å². The molecule has 0 amide bonds. The average Bonchev–Trinajstić information content (AvgIpc) is 2.11. The normalized spacial score (nSPS) is 15.4. The molecule has 1 nitrogen and oxygen atoms in total. The van der Waals surface area contributed by atoms with Gasteiger partial charge in [0.15, 0.2) is 0 Å². The Morgan fingerprint density at radius 2 is 1.41 bits per heavy atom. The van der Waals surface area contributed by atoms with Crippen molar-refractivity contribution in [3.8, 4) is 0 Å². The van der Waals surface area contributed by atoms with Crippen molar-refractivity contribution in [2.75, 3.05) is 0 Å². The van der Waals surface area contributed by atoms with Crippen molar-refractivity contribution in [3.05, 3.63) is 0 Å². The van der Waals surface area contributed by atoms with Crippen LogP contribution in [0.25, 0.3) is 0 Å². The van der Waals surface area contributed by atoms with Gasteiger partial charge in [0.1, 0.15) is 0 Å². The largest absolute Gasteiger partial charge is 0.459 e. The van der Waals surface area contributed by atoms with Gasteiger partial charge in [-0.05, 0) is 6.42 Å². The van der Waals surface area contributed by atoms with Gasteiger partial charge < -0.3 is 5.73 Å². The third kappa shape index (κ3) is 3.87. The Morgan fingerprint density at radius 3 is 1.71 bits per heavy atom. The zero-order chi connectivity index (χ0) is 13.2. The summed E-state index contributed by atoms with van der Waals surface area (Å²) in [4.78, 5) is 0. The molecule has 0 unspecified atom stereocenters. The molecule has 0 aromatic heterocycles. The van der Waals surface area contributed by atoms with Gasteiger partial charge in [-0.3, -0.25) is 0 Å². The number of nitrogens with two attached hydrogens (primary N) is 1. The first-order chi connectivity index (χ1) is 6.98. The van der Waals surface area contributed by atoms with Gasteiger partial charge in [0, 0.05) is 0 Å². The molecular weight excluding hydrogens is 279 g/mol. The average molecular weight is 292 g/mol. The molecule has 0 heterocycles. The molecule has 0 saturated heterocycles. The third-order valence-corrected chi connectivity index (χ3v) is 2.11. The highest BCUT2D eigenvalue weighted by Gasteiger charge is 2.74. The van der Waals surface area contributed by atoms with E-state index in [0.29, 0.717) is 6.42 Å². The topological polar surface area (TPSA) is 26.0 Å². The van der Waals surface area contributed by atoms with Gasteiger partial charge in [-0.25, -0.2) is 0 Å². The lowest BCUT2D eigenvalue weighted by Crippen LogP contribution is -2.60. The summed E-state index contributed by atoms with van der Waals surface area (Å²) in [6, 6.07) is -2.51. The number of halogens is 8. The molecule has 0 spiro atoms. The fourth-order valence-corrected chi connectivity index (χ4v) is 1.03. The number of rotatable bonds is 5. The molecule has 0 bridgehead atoms. The number of hydrogen-bond donors (Lipinski definition) is 1. The second-order valence-corrected chi connectivity index (χ2v) is 3.44. The van der Waals surface area contributed by atoms with Gasteiger partial charge in [-0.1, -0.05) is 19.8 Å². The SMILES string of the molecule is CCCC[C@@H](N)C(F)(F)C(F)(F)C(F)(F)F.Cl. The first-order valence-corrected chi connectivity index (χ1v) is 4.56. The van der Waals surface area contributed by atoms with Crippen molar-refractivity contribution >= 4 is 12.4 Å². The van der Waals surface area contributed by atoms with Crippen LogP contribution < -0.4 is 5.73 Å². The summed E-state index contributed by atoms with van der Waals surface area (Å²) in [5.74, 6) is -11.4. The molecule has 0 aromatic carbocycles. The molecular formula is C8H13ClF7N. The molecule has 0 aromatic rings.